The molecule has 4 heteroatoms. The summed E-state index contributed by atoms with van der Waals surface area (Å²) in [6.07, 6.45) is 3.41. The maximum Gasteiger partial charge on any atom is 0.329 e. The van der Waals surface area contributed by atoms with Crippen molar-refractivity contribution in [2.24, 2.45) is 0 Å². The molecule has 1 saturated heterocycles. The molecule has 118 valence electrons. The topological polar surface area (TPSA) is 23.6 Å². The predicted octanol–water partition coefficient (Wildman–Crippen LogP) is 5.28. The van der Waals surface area contributed by atoms with Crippen LogP contribution >= 0.6 is 11.8 Å². The van der Waals surface area contributed by atoms with Gasteiger partial charge in [0.2, 0.25) is 0 Å². The average Bonchev–Trinajstić information content (AvgIpc) is 2.59. The quantitative estimate of drug-likeness (QED) is 0.658. The maximum atomic E-state index is 13.3. The number of hydrogen-bond acceptors (Lipinski definition) is 2. The van der Waals surface area contributed by atoms with E-state index in [1.54, 1.807) is 11.8 Å². The van der Waals surface area contributed by atoms with Gasteiger partial charge in [0, 0.05) is 22.4 Å². The van der Waals surface area contributed by atoms with Gasteiger partial charge >= 0.3 is 6.03 Å². The molecule has 0 bridgehead atoms. The van der Waals surface area contributed by atoms with Gasteiger partial charge < -0.3 is 4.90 Å². The third kappa shape index (κ3) is 2.51. The lowest BCUT2D eigenvalue weighted by Gasteiger charge is -2.39. The van der Waals surface area contributed by atoms with Crippen molar-refractivity contribution in [1.82, 2.24) is 4.90 Å². The zero-order chi connectivity index (χ0) is 15.8. The van der Waals surface area contributed by atoms with E-state index in [9.17, 15) is 4.79 Å². The summed E-state index contributed by atoms with van der Waals surface area (Å²) in [5.41, 5.74) is 2.00. The Morgan fingerprint density at radius 2 is 1.61 bits per heavy atom. The Balaban J connectivity index is 1.79. The monoisotopic (exact) mass is 324 g/mol. The van der Waals surface area contributed by atoms with E-state index in [4.69, 9.17) is 0 Å². The summed E-state index contributed by atoms with van der Waals surface area (Å²) >= 11 is 1.74. The van der Waals surface area contributed by atoms with Crippen molar-refractivity contribution in [3.05, 3.63) is 48.5 Å². The lowest BCUT2D eigenvalue weighted by molar-refractivity contribution is 0.166. The van der Waals surface area contributed by atoms with Crippen molar-refractivity contribution in [1.29, 1.82) is 0 Å². The Labute approximate surface area is 141 Å². The fourth-order valence-electron chi connectivity index (χ4n) is 3.42. The van der Waals surface area contributed by atoms with Gasteiger partial charge in [-0.05, 0) is 50.5 Å². The highest BCUT2D eigenvalue weighted by Crippen LogP contribution is 2.48. The molecule has 0 aromatic heterocycles. The van der Waals surface area contributed by atoms with Gasteiger partial charge in [-0.2, -0.15) is 0 Å². The summed E-state index contributed by atoms with van der Waals surface area (Å²) in [7, 11) is 0. The molecule has 2 aromatic carbocycles. The second-order valence-corrected chi connectivity index (χ2v) is 7.28. The molecule has 2 aliphatic heterocycles. The SMILES string of the molecule is CC1CCCCN1C(=O)N1c2ccccc2Sc2ccccc21. The van der Waals surface area contributed by atoms with Crippen LogP contribution in [0, 0.1) is 0 Å². The van der Waals surface area contributed by atoms with Gasteiger partial charge in [0.15, 0.2) is 0 Å². The Bertz CT molecular complexity index is 700. The van der Waals surface area contributed by atoms with E-state index >= 15 is 0 Å². The third-order valence-electron chi connectivity index (χ3n) is 4.67. The molecule has 0 saturated carbocycles. The number of amides is 2. The number of hydrogen-bond donors (Lipinski definition) is 0. The normalized spacial score (nSPS) is 20.0. The minimum Gasteiger partial charge on any atom is -0.321 e. The standard InChI is InChI=1S/C19H20N2OS/c1-14-8-6-7-13-20(14)19(22)21-15-9-2-4-11-17(15)23-18-12-5-3-10-16(18)21/h2-5,9-12,14H,6-8,13H2,1H3. The first-order valence-corrected chi connectivity index (χ1v) is 9.04. The van der Waals surface area contributed by atoms with Gasteiger partial charge in [0.05, 0.1) is 11.4 Å². The molecule has 0 spiro atoms. The van der Waals surface area contributed by atoms with E-state index in [0.29, 0.717) is 6.04 Å². The number of likely N-dealkylation sites (tertiary alicyclic amines) is 1. The van der Waals surface area contributed by atoms with Gasteiger partial charge in [-0.1, -0.05) is 36.0 Å². The summed E-state index contributed by atoms with van der Waals surface area (Å²) in [6.45, 7) is 3.02. The van der Waals surface area contributed by atoms with E-state index in [2.05, 4.69) is 19.1 Å². The molecule has 4 rings (SSSR count). The van der Waals surface area contributed by atoms with Gasteiger partial charge in [-0.3, -0.25) is 4.90 Å². The number of carbonyl (C=O) groups excluding carboxylic acids is 1. The van der Waals surface area contributed by atoms with Crippen LogP contribution in [0.2, 0.25) is 0 Å². The largest absolute Gasteiger partial charge is 0.329 e. The van der Waals surface area contributed by atoms with Crippen LogP contribution in [0.1, 0.15) is 26.2 Å². The zero-order valence-corrected chi connectivity index (χ0v) is 14.1. The highest BCUT2D eigenvalue weighted by atomic mass is 32.2. The van der Waals surface area contributed by atoms with Crippen molar-refractivity contribution in [2.75, 3.05) is 11.4 Å². The molecule has 1 unspecified atom stereocenters. The first-order chi connectivity index (χ1) is 11.3. The van der Waals surface area contributed by atoms with E-state index in [1.165, 1.54) is 6.42 Å². The Hall–Kier alpha value is -1.94. The highest BCUT2D eigenvalue weighted by Gasteiger charge is 2.33. The third-order valence-corrected chi connectivity index (χ3v) is 5.80. The number of carbonyl (C=O) groups is 1. The minimum atomic E-state index is 0.109. The van der Waals surface area contributed by atoms with Gasteiger partial charge in [-0.25, -0.2) is 4.79 Å². The smallest absolute Gasteiger partial charge is 0.321 e. The van der Waals surface area contributed by atoms with Crippen LogP contribution in [0.15, 0.2) is 58.3 Å². The van der Waals surface area contributed by atoms with E-state index in [-0.39, 0.29) is 6.03 Å². The maximum absolute atomic E-state index is 13.3. The summed E-state index contributed by atoms with van der Waals surface area (Å²) in [5, 5.41) is 0. The highest BCUT2D eigenvalue weighted by molar-refractivity contribution is 7.99. The second-order valence-electron chi connectivity index (χ2n) is 6.19. The predicted molar refractivity (Wildman–Crippen MR) is 94.6 cm³/mol. The number of fused-ring (bicyclic) bond motifs is 2. The Morgan fingerprint density at radius 3 is 2.22 bits per heavy atom. The molecule has 23 heavy (non-hydrogen) atoms. The molecule has 2 amide bonds. The summed E-state index contributed by atoms with van der Waals surface area (Å²) in [4.78, 5) is 19.6. The Kier molecular flexibility index (Phi) is 3.77. The van der Waals surface area contributed by atoms with Crippen LogP contribution in [0.3, 0.4) is 0 Å². The fraction of sp³-hybridized carbons (Fsp3) is 0.316. The van der Waals surface area contributed by atoms with Gasteiger partial charge in [0.1, 0.15) is 0 Å². The van der Waals surface area contributed by atoms with Crippen molar-refractivity contribution in [3.63, 3.8) is 0 Å². The van der Waals surface area contributed by atoms with Crippen LogP contribution in [0.25, 0.3) is 0 Å². The lowest BCUT2D eigenvalue weighted by Crippen LogP contribution is -2.48. The van der Waals surface area contributed by atoms with Crippen LogP contribution in [-0.4, -0.2) is 23.5 Å². The number of para-hydroxylation sites is 2. The van der Waals surface area contributed by atoms with Crippen LogP contribution in [-0.2, 0) is 0 Å². The fourth-order valence-corrected chi connectivity index (χ4v) is 4.48. The molecular formula is C19H20N2OS. The first kappa shape index (κ1) is 14.6. The molecular weight excluding hydrogens is 304 g/mol. The Morgan fingerprint density at radius 1 is 1.00 bits per heavy atom. The molecule has 2 heterocycles. The van der Waals surface area contributed by atoms with Crippen molar-refractivity contribution in [3.8, 4) is 0 Å². The van der Waals surface area contributed by atoms with E-state index < -0.39 is 0 Å². The van der Waals surface area contributed by atoms with Crippen molar-refractivity contribution in [2.45, 2.75) is 42.0 Å². The number of anilines is 2. The second kappa shape index (κ2) is 5.93. The van der Waals surface area contributed by atoms with Gasteiger partial charge in [-0.15, -0.1) is 0 Å². The molecule has 0 aliphatic carbocycles. The van der Waals surface area contributed by atoms with Crippen LogP contribution in [0.5, 0.6) is 0 Å². The van der Waals surface area contributed by atoms with Crippen LogP contribution < -0.4 is 4.90 Å². The van der Waals surface area contributed by atoms with E-state index in [0.717, 1.165) is 40.6 Å². The number of piperidine rings is 1. The number of nitrogens with zero attached hydrogens (tertiary/aromatic N) is 2. The summed E-state index contributed by atoms with van der Waals surface area (Å²) < 4.78 is 0. The molecule has 1 fully saturated rings. The average molecular weight is 324 g/mol. The molecule has 2 aromatic rings. The van der Waals surface area contributed by atoms with Gasteiger partial charge in [0.25, 0.3) is 0 Å². The molecule has 0 N–H and O–H groups in total. The molecule has 3 nitrogen and oxygen atoms in total. The summed E-state index contributed by atoms with van der Waals surface area (Å²) in [6, 6.07) is 16.8. The number of benzene rings is 2. The van der Waals surface area contributed by atoms with Crippen molar-refractivity contribution < 1.29 is 4.79 Å². The lowest BCUT2D eigenvalue weighted by atomic mass is 10.0. The molecule has 1 atom stereocenters. The number of rotatable bonds is 0. The minimum absolute atomic E-state index is 0.109. The van der Waals surface area contributed by atoms with E-state index in [1.807, 2.05) is 46.2 Å². The number of urea groups is 1. The summed E-state index contributed by atoms with van der Waals surface area (Å²) in [5.74, 6) is 0. The first-order valence-electron chi connectivity index (χ1n) is 8.22. The van der Waals surface area contributed by atoms with Crippen molar-refractivity contribution >= 4 is 29.2 Å². The van der Waals surface area contributed by atoms with Crippen LogP contribution in [0.4, 0.5) is 16.2 Å². The zero-order valence-electron chi connectivity index (χ0n) is 13.2. The molecule has 0 radical (unpaired) electrons. The molecule has 2 aliphatic rings.